The normalized spacial score (nSPS) is 17.4. The summed E-state index contributed by atoms with van der Waals surface area (Å²) >= 11 is 0. The fourth-order valence-electron chi connectivity index (χ4n) is 10.1. The highest BCUT2D eigenvalue weighted by Gasteiger charge is 2.38. The number of nitrogens with zero attached hydrogens (tertiary/aromatic N) is 4. The molecule has 352 valence electrons. The van der Waals surface area contributed by atoms with Gasteiger partial charge in [-0.1, -0.05) is 66.7 Å². The van der Waals surface area contributed by atoms with E-state index in [2.05, 4.69) is 39.3 Å². The van der Waals surface area contributed by atoms with Crippen molar-refractivity contribution in [3.8, 4) is 45.1 Å². The number of amides is 4. The van der Waals surface area contributed by atoms with Crippen LogP contribution in [-0.4, -0.2) is 66.5 Å². The molecule has 1 saturated heterocycles. The number of carbonyl (C=O) groups is 4. The van der Waals surface area contributed by atoms with Gasteiger partial charge in [0, 0.05) is 59.3 Å². The summed E-state index contributed by atoms with van der Waals surface area (Å²) in [5, 5.41) is 6.10. The Balaban J connectivity index is 0.805. The maximum absolute atomic E-state index is 14.3. The van der Waals surface area contributed by atoms with Crippen LogP contribution in [0.2, 0.25) is 0 Å². The van der Waals surface area contributed by atoms with E-state index in [9.17, 15) is 19.2 Å². The van der Waals surface area contributed by atoms with Gasteiger partial charge in [-0.05, 0) is 92.2 Å². The number of imidazole rings is 2. The molecule has 4 aromatic carbocycles. The van der Waals surface area contributed by atoms with Crippen molar-refractivity contribution in [3.05, 3.63) is 144 Å². The first-order valence-electron chi connectivity index (χ1n) is 24.3. The number of hydrogen-bond donors (Lipinski definition) is 4. The van der Waals surface area contributed by atoms with Crippen LogP contribution in [0.25, 0.3) is 33.6 Å². The molecule has 14 heteroatoms. The first-order valence-corrected chi connectivity index (χ1v) is 24.3. The number of hydrogen-bond acceptors (Lipinski definition) is 8. The van der Waals surface area contributed by atoms with E-state index in [4.69, 9.17) is 19.4 Å². The van der Waals surface area contributed by atoms with E-state index in [0.717, 1.165) is 106 Å². The minimum atomic E-state index is -0.819. The molecule has 5 heterocycles. The predicted octanol–water partition coefficient (Wildman–Crippen LogP) is 8.80. The third kappa shape index (κ3) is 9.40. The van der Waals surface area contributed by atoms with Crippen molar-refractivity contribution in [3.63, 3.8) is 0 Å². The van der Waals surface area contributed by atoms with E-state index in [1.165, 1.54) is 0 Å². The Hall–Kier alpha value is -7.48. The smallest absolute Gasteiger partial charge is 0.250 e. The molecule has 3 fully saturated rings. The average molecular weight is 925 g/mol. The number of H-pyrrole nitrogens is 2. The van der Waals surface area contributed by atoms with Crippen molar-refractivity contribution in [2.75, 3.05) is 13.1 Å². The van der Waals surface area contributed by atoms with Gasteiger partial charge in [-0.15, -0.1) is 6.58 Å². The Morgan fingerprint density at radius 3 is 1.90 bits per heavy atom. The largest absolute Gasteiger partial charge is 0.488 e. The summed E-state index contributed by atoms with van der Waals surface area (Å²) in [5.41, 5.74) is 8.88. The molecule has 0 radical (unpaired) electrons. The van der Waals surface area contributed by atoms with Crippen LogP contribution < -0.4 is 20.1 Å². The Labute approximate surface area is 400 Å². The highest BCUT2D eigenvalue weighted by molar-refractivity contribution is 5.91. The fourth-order valence-corrected chi connectivity index (χ4v) is 10.1. The van der Waals surface area contributed by atoms with Gasteiger partial charge in [0.05, 0.1) is 36.4 Å². The second-order valence-corrected chi connectivity index (χ2v) is 19.2. The van der Waals surface area contributed by atoms with Crippen LogP contribution in [0.1, 0.15) is 110 Å². The average Bonchev–Trinajstić information content (AvgIpc) is 4.17. The molecule has 2 saturated carbocycles. The van der Waals surface area contributed by atoms with Gasteiger partial charge >= 0.3 is 0 Å². The van der Waals surface area contributed by atoms with Crippen LogP contribution in [-0.2, 0) is 38.9 Å². The van der Waals surface area contributed by atoms with Crippen molar-refractivity contribution in [1.29, 1.82) is 0 Å². The second kappa shape index (κ2) is 18.9. The number of rotatable bonds is 18. The van der Waals surface area contributed by atoms with Crippen LogP contribution in [0.4, 0.5) is 0 Å². The van der Waals surface area contributed by atoms with Crippen LogP contribution >= 0.6 is 0 Å². The van der Waals surface area contributed by atoms with Crippen molar-refractivity contribution >= 4 is 23.6 Å². The van der Waals surface area contributed by atoms with Gasteiger partial charge in [0.1, 0.15) is 48.4 Å². The molecule has 0 bridgehead atoms. The van der Waals surface area contributed by atoms with E-state index < -0.39 is 12.1 Å². The molecule has 3 unspecified atom stereocenters. The fraction of sp³-hybridized carbons (Fsp3) is 0.345. The first kappa shape index (κ1) is 44.1. The van der Waals surface area contributed by atoms with Gasteiger partial charge in [0.25, 0.3) is 0 Å². The molecule has 3 atom stereocenters. The lowest BCUT2D eigenvalue weighted by Gasteiger charge is -2.30. The molecule has 3 aliphatic heterocycles. The Kier molecular flexibility index (Phi) is 12.1. The van der Waals surface area contributed by atoms with Crippen molar-refractivity contribution in [1.82, 2.24) is 40.4 Å². The van der Waals surface area contributed by atoms with E-state index in [0.29, 0.717) is 69.1 Å². The summed E-state index contributed by atoms with van der Waals surface area (Å²) in [6, 6.07) is 25.3. The van der Waals surface area contributed by atoms with E-state index >= 15 is 0 Å². The number of likely N-dealkylation sites (tertiary alicyclic amines) is 1. The van der Waals surface area contributed by atoms with Crippen LogP contribution in [0.5, 0.6) is 11.5 Å². The van der Waals surface area contributed by atoms with E-state index in [-0.39, 0.29) is 36.2 Å². The summed E-state index contributed by atoms with van der Waals surface area (Å²) in [6.07, 6.45) is 12.6. The topological polar surface area (TPSA) is 175 Å². The standard InChI is InChI=1S/C55H56N8O6/c1-2-3-20-62(54(66)51(35-11-6-4-7-12-35)60-47(64)22-33-16-17-33)30-46-56-28-41(58-46)37-24-39-31-69-45-27-38(25-40-32-68-44(26-37)49(39)50(40)45)42-29-57-53(59-42)43-15-10-21-63(43)55(67)52(36-13-8-5-9-14-36)61-48(65)23-34-18-19-34/h2,4-9,11-14,24-29,33-34,43,51-52H,1,3,10,15-23,30-32H2,(H,56,58)(H,57,59)(H,60,64)(H,61,65). The maximum Gasteiger partial charge on any atom is 0.250 e. The quantitative estimate of drug-likeness (QED) is 0.0619. The molecule has 4 amide bonds. The molecule has 2 aliphatic carbocycles. The first-order chi connectivity index (χ1) is 33.8. The van der Waals surface area contributed by atoms with Crippen LogP contribution in [0.3, 0.4) is 0 Å². The monoisotopic (exact) mass is 924 g/mol. The van der Waals surface area contributed by atoms with Crippen molar-refractivity contribution in [2.45, 2.75) is 95.7 Å². The van der Waals surface area contributed by atoms with Crippen molar-refractivity contribution < 1.29 is 28.7 Å². The van der Waals surface area contributed by atoms with Gasteiger partial charge < -0.3 is 39.9 Å². The Morgan fingerprint density at radius 2 is 1.30 bits per heavy atom. The lowest BCUT2D eigenvalue weighted by Crippen LogP contribution is -2.43. The van der Waals surface area contributed by atoms with Gasteiger partial charge in [-0.3, -0.25) is 19.2 Å². The molecule has 5 aliphatic rings. The number of benzene rings is 4. The summed E-state index contributed by atoms with van der Waals surface area (Å²) in [7, 11) is 0. The number of nitrogens with one attached hydrogen (secondary N) is 4. The Morgan fingerprint density at radius 1 is 0.739 bits per heavy atom. The lowest BCUT2D eigenvalue weighted by molar-refractivity contribution is -0.137. The summed E-state index contributed by atoms with van der Waals surface area (Å²) in [5.74, 6) is 3.11. The minimum Gasteiger partial charge on any atom is -0.488 e. The van der Waals surface area contributed by atoms with Crippen molar-refractivity contribution in [2.24, 2.45) is 11.8 Å². The maximum atomic E-state index is 14.3. The van der Waals surface area contributed by atoms with Crippen LogP contribution in [0.15, 0.2) is 110 Å². The minimum absolute atomic E-state index is 0.0882. The second-order valence-electron chi connectivity index (χ2n) is 19.2. The zero-order chi connectivity index (χ0) is 47.0. The highest BCUT2D eigenvalue weighted by atomic mass is 16.5. The Bertz CT molecular complexity index is 2870. The van der Waals surface area contributed by atoms with E-state index in [1.54, 1.807) is 17.2 Å². The zero-order valence-electron chi connectivity index (χ0n) is 38.5. The van der Waals surface area contributed by atoms with Gasteiger partial charge in [0.15, 0.2) is 0 Å². The molecular weight excluding hydrogens is 869 g/mol. The number of aromatic nitrogens is 4. The third-order valence-corrected chi connectivity index (χ3v) is 14.0. The van der Waals surface area contributed by atoms with E-state index in [1.807, 2.05) is 83.9 Å². The molecular formula is C55H56N8O6. The summed E-state index contributed by atoms with van der Waals surface area (Å²) in [6.45, 7) is 5.77. The molecule has 2 aromatic heterocycles. The predicted molar refractivity (Wildman–Crippen MR) is 259 cm³/mol. The zero-order valence-corrected chi connectivity index (χ0v) is 38.5. The third-order valence-electron chi connectivity index (χ3n) is 14.0. The lowest BCUT2D eigenvalue weighted by atomic mass is 9.87. The summed E-state index contributed by atoms with van der Waals surface area (Å²) < 4.78 is 13.0. The van der Waals surface area contributed by atoms with Gasteiger partial charge in [-0.25, -0.2) is 9.97 Å². The molecule has 11 rings (SSSR count). The highest BCUT2D eigenvalue weighted by Crippen LogP contribution is 2.51. The van der Waals surface area contributed by atoms with Gasteiger partial charge in [-0.2, -0.15) is 0 Å². The summed E-state index contributed by atoms with van der Waals surface area (Å²) in [4.78, 5) is 74.8. The molecule has 4 N–H and O–H groups in total. The molecule has 14 nitrogen and oxygen atoms in total. The molecule has 0 spiro atoms. The SMILES string of the molecule is C=CCCN(Cc1ncc(-c2cc3c4c(c2)OCc2cc(-c5cnc(C6CCCN6C(=O)C(NC(=O)CC6CC6)c6ccccc6)[nH]5)cc(c2-4)OC3)[nH]1)C(=O)C(NC(=O)CC1CC1)c1ccccc1. The number of carbonyl (C=O) groups excluding carboxylic acids is 4. The number of ether oxygens (including phenoxy) is 2. The molecule has 6 aromatic rings. The van der Waals surface area contributed by atoms with Gasteiger partial charge in [0.2, 0.25) is 23.6 Å². The molecule has 69 heavy (non-hydrogen) atoms. The number of aromatic amines is 2. The van der Waals surface area contributed by atoms with Crippen LogP contribution in [0, 0.1) is 11.8 Å².